The molecule has 0 aromatic heterocycles. The molecule has 46 valence electrons. The molecule has 0 heterocycles. The lowest BCUT2D eigenvalue weighted by Crippen LogP contribution is -2.07. The Morgan fingerprint density at radius 3 is 2.12 bits per heavy atom. The van der Waals surface area contributed by atoms with Gasteiger partial charge >= 0.3 is 0 Å². The Bertz CT molecular complexity index is 101. The first-order valence-corrected chi connectivity index (χ1v) is 3.48. The quantitative estimate of drug-likeness (QED) is 0.515. The van der Waals surface area contributed by atoms with Crippen LogP contribution in [0.15, 0.2) is 0 Å². The fourth-order valence-corrected chi connectivity index (χ4v) is 1.56. The fourth-order valence-electron chi connectivity index (χ4n) is 1.56. The van der Waals surface area contributed by atoms with E-state index < -0.39 is 0 Å². The van der Waals surface area contributed by atoms with E-state index in [1.54, 1.807) is 0 Å². The Hall–Kier alpha value is -0.0400. The maximum Gasteiger partial charge on any atom is -0.0514 e. The van der Waals surface area contributed by atoms with Crippen LogP contribution in [-0.4, -0.2) is 12.6 Å². The number of hydrogen-bond donors (Lipinski definition) is 0. The lowest BCUT2D eigenvalue weighted by molar-refractivity contribution is 0.654. The number of rotatable bonds is 2. The summed E-state index contributed by atoms with van der Waals surface area (Å²) in [7, 11) is 1.98. The lowest BCUT2D eigenvalue weighted by Gasteiger charge is -2.26. The van der Waals surface area contributed by atoms with Gasteiger partial charge in [0, 0.05) is 0 Å². The molecule has 8 heavy (non-hydrogen) atoms. The van der Waals surface area contributed by atoms with Gasteiger partial charge in [-0.3, -0.25) is 0 Å². The molecule has 1 heteroatoms. The van der Waals surface area contributed by atoms with Gasteiger partial charge in [-0.25, -0.2) is 0 Å². The van der Waals surface area contributed by atoms with Crippen LogP contribution < -0.4 is 0 Å². The molecule has 0 N–H and O–H groups in total. The Labute approximate surface area is 50.5 Å². The molecular weight excluding hydrogens is 98.1 g/mol. The van der Waals surface area contributed by atoms with Gasteiger partial charge < -0.3 is 5.32 Å². The second kappa shape index (κ2) is 1.27. The minimum Gasteiger partial charge on any atom is -0.659 e. The first kappa shape index (κ1) is 4.80. The average Bonchev–Trinajstić information content (AvgIpc) is 2.63. The summed E-state index contributed by atoms with van der Waals surface area (Å²) in [5.74, 6) is 1.01. The second-order valence-corrected chi connectivity index (χ2v) is 3.10. The van der Waals surface area contributed by atoms with E-state index in [1.807, 2.05) is 7.05 Å². The van der Waals surface area contributed by atoms with Gasteiger partial charge in [0.15, 0.2) is 0 Å². The summed E-state index contributed by atoms with van der Waals surface area (Å²) >= 11 is 0. The molecular formula is C7H12N-. The van der Waals surface area contributed by atoms with Gasteiger partial charge in [-0.05, 0) is 0 Å². The smallest absolute Gasteiger partial charge is 0.0514 e. The third-order valence-electron chi connectivity index (χ3n) is 2.54. The van der Waals surface area contributed by atoms with Crippen molar-refractivity contribution in [3.05, 3.63) is 5.32 Å². The first-order valence-electron chi connectivity index (χ1n) is 3.48. The molecule has 0 unspecified atom stereocenters. The molecule has 0 atom stereocenters. The van der Waals surface area contributed by atoms with E-state index >= 15 is 0 Å². The molecule has 0 spiro atoms. The van der Waals surface area contributed by atoms with Crippen molar-refractivity contribution in [2.24, 2.45) is 5.92 Å². The molecule has 0 aliphatic heterocycles. The molecule has 0 aromatic carbocycles. The zero-order chi connectivity index (χ0) is 5.61. The van der Waals surface area contributed by atoms with Crippen molar-refractivity contribution in [2.45, 2.75) is 31.2 Å². The number of nitrogens with zero attached hydrogens (tertiary/aromatic N) is 1. The zero-order valence-corrected chi connectivity index (χ0v) is 5.35. The molecule has 2 aliphatic rings. The summed E-state index contributed by atoms with van der Waals surface area (Å²) in [5, 5.41) is 4.39. The van der Waals surface area contributed by atoms with Crippen molar-refractivity contribution in [1.82, 2.24) is 0 Å². The van der Waals surface area contributed by atoms with Crippen molar-refractivity contribution in [3.8, 4) is 0 Å². The lowest BCUT2D eigenvalue weighted by atomic mass is 10.2. The Balaban J connectivity index is 1.99. The van der Waals surface area contributed by atoms with E-state index in [1.165, 1.54) is 25.7 Å². The van der Waals surface area contributed by atoms with Crippen molar-refractivity contribution in [3.63, 3.8) is 0 Å². The summed E-state index contributed by atoms with van der Waals surface area (Å²) in [6.07, 6.45) is 5.68. The average molecular weight is 110 g/mol. The van der Waals surface area contributed by atoms with Gasteiger partial charge in [-0.1, -0.05) is 31.6 Å². The van der Waals surface area contributed by atoms with Crippen LogP contribution in [0.4, 0.5) is 0 Å². The summed E-state index contributed by atoms with van der Waals surface area (Å²) in [4.78, 5) is 0. The molecule has 1 nitrogen and oxygen atoms in total. The van der Waals surface area contributed by atoms with Crippen LogP contribution in [0.25, 0.3) is 5.32 Å². The molecule has 0 saturated heterocycles. The van der Waals surface area contributed by atoms with Crippen LogP contribution in [-0.2, 0) is 0 Å². The van der Waals surface area contributed by atoms with E-state index in [-0.39, 0.29) is 0 Å². The van der Waals surface area contributed by atoms with Crippen LogP contribution in [0, 0.1) is 5.92 Å². The summed E-state index contributed by atoms with van der Waals surface area (Å²) in [6.45, 7) is 0. The minimum absolute atomic E-state index is 0.528. The van der Waals surface area contributed by atoms with Gasteiger partial charge in [0.2, 0.25) is 0 Å². The van der Waals surface area contributed by atoms with Crippen LogP contribution in [0.2, 0.25) is 0 Å². The predicted octanol–water partition coefficient (Wildman–Crippen LogP) is 1.93. The Morgan fingerprint density at radius 2 is 2.00 bits per heavy atom. The van der Waals surface area contributed by atoms with Crippen molar-refractivity contribution >= 4 is 0 Å². The van der Waals surface area contributed by atoms with E-state index in [0.717, 1.165) is 5.92 Å². The van der Waals surface area contributed by atoms with Gasteiger partial charge in [-0.2, -0.15) is 7.05 Å². The molecule has 2 rings (SSSR count). The fraction of sp³-hybridized carbons (Fsp3) is 1.00. The summed E-state index contributed by atoms with van der Waals surface area (Å²) in [6, 6.07) is 0. The predicted molar refractivity (Wildman–Crippen MR) is 34.0 cm³/mol. The number of hydrogen-bond acceptors (Lipinski definition) is 0. The SMILES string of the molecule is C[N-]C1(C2CC2)CC1. The highest BCUT2D eigenvalue weighted by Crippen LogP contribution is 2.57. The van der Waals surface area contributed by atoms with Gasteiger partial charge in [0.1, 0.15) is 0 Å². The molecule has 0 amide bonds. The Kier molecular flexibility index (Phi) is 0.762. The van der Waals surface area contributed by atoms with Crippen molar-refractivity contribution < 1.29 is 0 Å². The van der Waals surface area contributed by atoms with Gasteiger partial charge in [0.05, 0.1) is 0 Å². The van der Waals surface area contributed by atoms with Crippen LogP contribution in [0.5, 0.6) is 0 Å². The molecule has 2 aliphatic carbocycles. The van der Waals surface area contributed by atoms with Crippen molar-refractivity contribution in [2.75, 3.05) is 7.05 Å². The molecule has 0 bridgehead atoms. The minimum atomic E-state index is 0.528. The van der Waals surface area contributed by atoms with Gasteiger partial charge in [0.25, 0.3) is 0 Å². The van der Waals surface area contributed by atoms with Gasteiger partial charge in [-0.15, -0.1) is 5.54 Å². The monoisotopic (exact) mass is 110 g/mol. The van der Waals surface area contributed by atoms with E-state index in [2.05, 4.69) is 5.32 Å². The largest absolute Gasteiger partial charge is 0.659 e. The highest BCUT2D eigenvalue weighted by atomic mass is 15.0. The second-order valence-electron chi connectivity index (χ2n) is 3.10. The molecule has 2 saturated carbocycles. The third kappa shape index (κ3) is 0.510. The Morgan fingerprint density at radius 1 is 1.38 bits per heavy atom. The van der Waals surface area contributed by atoms with E-state index in [0.29, 0.717) is 5.54 Å². The molecule has 0 aromatic rings. The topological polar surface area (TPSA) is 14.1 Å². The van der Waals surface area contributed by atoms with E-state index in [4.69, 9.17) is 0 Å². The highest BCUT2D eigenvalue weighted by Gasteiger charge is 2.44. The van der Waals surface area contributed by atoms with Crippen LogP contribution in [0.1, 0.15) is 25.7 Å². The third-order valence-corrected chi connectivity index (χ3v) is 2.54. The van der Waals surface area contributed by atoms with E-state index in [9.17, 15) is 0 Å². The normalized spacial score (nSPS) is 32.6. The zero-order valence-electron chi connectivity index (χ0n) is 5.35. The first-order chi connectivity index (χ1) is 3.87. The standard InChI is InChI=1S/C7H12N/c1-8-7(4-5-7)6-2-3-6/h6H,2-5H2,1H3/q-1. The van der Waals surface area contributed by atoms with Crippen LogP contribution >= 0.6 is 0 Å². The maximum absolute atomic E-state index is 4.39. The summed E-state index contributed by atoms with van der Waals surface area (Å²) in [5.41, 5.74) is 0.528. The van der Waals surface area contributed by atoms with Crippen molar-refractivity contribution in [1.29, 1.82) is 0 Å². The molecule has 0 radical (unpaired) electrons. The summed E-state index contributed by atoms with van der Waals surface area (Å²) < 4.78 is 0. The highest BCUT2D eigenvalue weighted by molar-refractivity contribution is 5.22. The van der Waals surface area contributed by atoms with Crippen LogP contribution in [0.3, 0.4) is 0 Å². The molecule has 2 fully saturated rings. The maximum atomic E-state index is 4.39.